The van der Waals surface area contributed by atoms with Crippen molar-refractivity contribution in [1.29, 1.82) is 0 Å². The number of carbonyl (C=O) groups excluding carboxylic acids is 1. The molecule has 1 heterocycles. The molecule has 0 N–H and O–H groups in total. The van der Waals surface area contributed by atoms with Crippen LogP contribution in [0, 0.1) is 0 Å². The number of ether oxygens (including phenoxy) is 4. The molecule has 0 saturated carbocycles. The maximum absolute atomic E-state index is 13.0. The quantitative estimate of drug-likeness (QED) is 0.280. The monoisotopic (exact) mass is 559 g/mol. The molecule has 206 valence electrons. The van der Waals surface area contributed by atoms with Crippen molar-refractivity contribution >= 4 is 17.6 Å². The summed E-state index contributed by atoms with van der Waals surface area (Å²) in [7, 11) is 1.18. The molecule has 1 aromatic heterocycles. The fraction of sp³-hybridized carbons (Fsp3) is 0.478. The Balaban J connectivity index is 2.58. The first kappa shape index (κ1) is 30.3. The maximum atomic E-state index is 13.0. The van der Waals surface area contributed by atoms with E-state index >= 15 is 0 Å². The Kier molecular flexibility index (Phi) is 9.53. The first-order chi connectivity index (χ1) is 16.9. The third-order valence-corrected chi connectivity index (χ3v) is 4.79. The molecule has 0 fully saturated rings. The predicted molar refractivity (Wildman–Crippen MR) is 121 cm³/mol. The molecule has 0 aliphatic heterocycles. The number of esters is 1. The zero-order chi connectivity index (χ0) is 28.2. The molecule has 37 heavy (non-hydrogen) atoms. The first-order valence-corrected chi connectivity index (χ1v) is 11.0. The molecule has 0 amide bonds. The molecular formula is C23H24ClF6NO6. The highest BCUT2D eigenvalue weighted by molar-refractivity contribution is 6.31. The summed E-state index contributed by atoms with van der Waals surface area (Å²) in [5, 5.41) is 0.108. The molecule has 0 spiro atoms. The minimum absolute atomic E-state index is 0.0212. The van der Waals surface area contributed by atoms with Gasteiger partial charge in [0.25, 0.3) is 5.56 Å². The predicted octanol–water partition coefficient (Wildman–Crippen LogP) is 5.93. The van der Waals surface area contributed by atoms with Crippen LogP contribution in [-0.2, 0) is 14.3 Å². The molecule has 1 atom stereocenters. The number of halogens is 7. The van der Waals surface area contributed by atoms with Gasteiger partial charge < -0.3 is 14.2 Å². The van der Waals surface area contributed by atoms with Crippen LogP contribution in [0.4, 0.5) is 26.3 Å². The van der Waals surface area contributed by atoms with Crippen LogP contribution in [0.1, 0.15) is 33.2 Å². The van der Waals surface area contributed by atoms with Crippen molar-refractivity contribution < 1.29 is 50.1 Å². The number of alkyl halides is 6. The van der Waals surface area contributed by atoms with Crippen LogP contribution in [0.2, 0.25) is 5.02 Å². The van der Waals surface area contributed by atoms with Gasteiger partial charge in [-0.25, -0.2) is 4.79 Å². The lowest BCUT2D eigenvalue weighted by atomic mass is 10.0. The average Bonchev–Trinajstić information content (AvgIpc) is 2.73. The van der Waals surface area contributed by atoms with Crippen molar-refractivity contribution in [3.8, 4) is 22.6 Å². The van der Waals surface area contributed by atoms with Gasteiger partial charge in [-0.3, -0.25) is 14.1 Å². The molecule has 0 aliphatic rings. The van der Waals surface area contributed by atoms with Crippen molar-refractivity contribution in [3.63, 3.8) is 0 Å². The van der Waals surface area contributed by atoms with Crippen LogP contribution >= 0.6 is 11.6 Å². The molecule has 0 aliphatic carbocycles. The van der Waals surface area contributed by atoms with E-state index in [1.165, 1.54) is 46.1 Å². The Bertz CT molecular complexity index is 1160. The topological polar surface area (TPSA) is 76.0 Å². The second kappa shape index (κ2) is 11.6. The van der Waals surface area contributed by atoms with E-state index in [0.717, 1.165) is 16.8 Å². The molecule has 0 bridgehead atoms. The number of carbonyl (C=O) groups is 1. The van der Waals surface area contributed by atoms with Gasteiger partial charge >= 0.3 is 18.5 Å². The number of rotatable bonds is 9. The summed E-state index contributed by atoms with van der Waals surface area (Å²) < 4.78 is 95.6. The summed E-state index contributed by atoms with van der Waals surface area (Å²) in [5.74, 6) is -1.38. The number of nitrogens with zero attached hydrogens (tertiary/aromatic N) is 1. The summed E-state index contributed by atoms with van der Waals surface area (Å²) in [6, 6.07) is 3.10. The molecular weight excluding hydrogens is 536 g/mol. The highest BCUT2D eigenvalue weighted by Gasteiger charge is 2.33. The summed E-state index contributed by atoms with van der Waals surface area (Å²) in [5.41, 5.74) is -1.97. The first-order valence-electron chi connectivity index (χ1n) is 10.6. The third-order valence-electron chi connectivity index (χ3n) is 4.56. The second-order valence-electron chi connectivity index (χ2n) is 8.68. The standard InChI is InChI=1S/C23H24ClF6NO6/c1-21(2,3)37-20(33)16(7-8-36-23(28,29)30)31-11-18(34-4)15(10-19(31)32)14-9-13(24)5-6-17(14)35-12-22(25,26)27/h5-6,9-11,16H,7-8,12H2,1-4H3. The molecule has 1 aromatic carbocycles. The van der Waals surface area contributed by atoms with Crippen molar-refractivity contribution in [2.75, 3.05) is 20.3 Å². The highest BCUT2D eigenvalue weighted by Crippen LogP contribution is 2.38. The largest absolute Gasteiger partial charge is 0.522 e. The van der Waals surface area contributed by atoms with E-state index in [4.69, 9.17) is 25.8 Å². The van der Waals surface area contributed by atoms with E-state index in [0.29, 0.717) is 0 Å². The second-order valence-corrected chi connectivity index (χ2v) is 9.11. The number of aromatic nitrogens is 1. The molecule has 1 unspecified atom stereocenters. The SMILES string of the molecule is COc1cn(C(CCOC(F)(F)F)C(=O)OC(C)(C)C)c(=O)cc1-c1cc(Cl)ccc1OCC(F)(F)F. The number of pyridine rings is 1. The van der Waals surface area contributed by atoms with Crippen LogP contribution in [0.15, 0.2) is 35.3 Å². The Morgan fingerprint density at radius 3 is 2.19 bits per heavy atom. The van der Waals surface area contributed by atoms with E-state index < -0.39 is 55.3 Å². The normalized spacial score (nSPS) is 13.3. The lowest BCUT2D eigenvalue weighted by molar-refractivity contribution is -0.325. The number of hydrogen-bond acceptors (Lipinski definition) is 6. The van der Waals surface area contributed by atoms with Crippen molar-refractivity contribution in [1.82, 2.24) is 4.57 Å². The van der Waals surface area contributed by atoms with Crippen molar-refractivity contribution in [3.05, 3.63) is 45.8 Å². The fourth-order valence-corrected chi connectivity index (χ4v) is 3.34. The van der Waals surface area contributed by atoms with Crippen molar-refractivity contribution in [2.24, 2.45) is 0 Å². The Morgan fingerprint density at radius 2 is 1.65 bits per heavy atom. The van der Waals surface area contributed by atoms with Crippen LogP contribution in [0.25, 0.3) is 11.1 Å². The van der Waals surface area contributed by atoms with Gasteiger partial charge in [-0.2, -0.15) is 13.2 Å². The van der Waals surface area contributed by atoms with Crippen LogP contribution < -0.4 is 15.0 Å². The molecule has 0 radical (unpaired) electrons. The van der Waals surface area contributed by atoms with Gasteiger partial charge in [-0.1, -0.05) is 11.6 Å². The molecule has 7 nitrogen and oxygen atoms in total. The lowest BCUT2D eigenvalue weighted by Crippen LogP contribution is -2.35. The van der Waals surface area contributed by atoms with Gasteiger partial charge in [0.05, 0.1) is 19.9 Å². The van der Waals surface area contributed by atoms with Gasteiger partial charge in [-0.15, -0.1) is 13.2 Å². The molecule has 2 rings (SSSR count). The zero-order valence-corrected chi connectivity index (χ0v) is 20.9. The van der Waals surface area contributed by atoms with E-state index in [2.05, 4.69) is 4.74 Å². The summed E-state index contributed by atoms with van der Waals surface area (Å²) in [6.07, 6.45) is -9.17. The molecule has 2 aromatic rings. The Morgan fingerprint density at radius 1 is 1.03 bits per heavy atom. The van der Waals surface area contributed by atoms with E-state index in [-0.39, 0.29) is 27.6 Å². The number of benzene rings is 1. The van der Waals surface area contributed by atoms with Gasteiger partial charge in [0.1, 0.15) is 23.1 Å². The maximum Gasteiger partial charge on any atom is 0.522 e. The van der Waals surface area contributed by atoms with Gasteiger partial charge in [0.2, 0.25) is 0 Å². The molecule has 14 heteroatoms. The Labute approximate surface area is 212 Å². The van der Waals surface area contributed by atoms with Crippen molar-refractivity contribution in [2.45, 2.75) is 51.4 Å². The van der Waals surface area contributed by atoms with Gasteiger partial charge in [0.15, 0.2) is 6.61 Å². The average molecular weight is 560 g/mol. The number of methoxy groups -OCH3 is 1. The fourth-order valence-electron chi connectivity index (χ4n) is 3.17. The van der Waals surface area contributed by atoms with Crippen LogP contribution in [0.5, 0.6) is 11.5 Å². The minimum Gasteiger partial charge on any atom is -0.495 e. The summed E-state index contributed by atoms with van der Waals surface area (Å²) in [4.78, 5) is 25.8. The minimum atomic E-state index is -4.97. The van der Waals surface area contributed by atoms with E-state index in [1.807, 2.05) is 0 Å². The van der Waals surface area contributed by atoms with E-state index in [9.17, 15) is 35.9 Å². The van der Waals surface area contributed by atoms with Gasteiger partial charge in [0, 0.05) is 28.6 Å². The number of hydrogen-bond donors (Lipinski definition) is 0. The molecule has 0 saturated heterocycles. The highest BCUT2D eigenvalue weighted by atomic mass is 35.5. The van der Waals surface area contributed by atoms with Gasteiger partial charge in [-0.05, 0) is 39.0 Å². The third kappa shape index (κ3) is 9.47. The Hall–Kier alpha value is -2.93. The van der Waals surface area contributed by atoms with Crippen LogP contribution in [-0.4, -0.2) is 49.0 Å². The summed E-state index contributed by atoms with van der Waals surface area (Å²) >= 11 is 6.00. The smallest absolute Gasteiger partial charge is 0.495 e. The lowest BCUT2D eigenvalue weighted by Gasteiger charge is -2.26. The summed E-state index contributed by atoms with van der Waals surface area (Å²) in [6.45, 7) is 2.00. The zero-order valence-electron chi connectivity index (χ0n) is 20.1. The van der Waals surface area contributed by atoms with E-state index in [1.54, 1.807) is 0 Å². The van der Waals surface area contributed by atoms with Crippen LogP contribution in [0.3, 0.4) is 0 Å².